The number of imidazole rings is 1. The molecule has 0 saturated heterocycles. The maximum Gasteiger partial charge on any atom is 0.249 e. The van der Waals surface area contributed by atoms with Crippen molar-refractivity contribution in [3.05, 3.63) is 109 Å². The Balaban J connectivity index is 1.51. The zero-order chi connectivity index (χ0) is 31.0. The average Bonchev–Trinajstić information content (AvgIpc) is 3.45. The number of hydrogen-bond donors (Lipinski definition) is 3. The van der Waals surface area contributed by atoms with Gasteiger partial charge in [-0.25, -0.2) is 4.98 Å². The molecule has 4 N–H and O–H groups in total. The molecule has 0 aliphatic rings. The molecule has 4 rings (SSSR count). The molecular weight excluding hydrogens is 540 g/mol. The van der Waals surface area contributed by atoms with E-state index in [4.69, 9.17) is 5.73 Å². The number of nitrogens with two attached hydrogens (primary N) is 1. The van der Waals surface area contributed by atoms with Crippen molar-refractivity contribution in [2.45, 2.75) is 50.7 Å². The van der Waals surface area contributed by atoms with Crippen molar-refractivity contribution in [3.8, 4) is 11.1 Å². The van der Waals surface area contributed by atoms with E-state index in [-0.39, 0.29) is 11.7 Å². The third-order valence-electron chi connectivity index (χ3n) is 7.17. The molecule has 0 radical (unpaired) electrons. The molecule has 9 heteroatoms. The third kappa shape index (κ3) is 8.39. The van der Waals surface area contributed by atoms with Crippen LogP contribution in [0.5, 0.6) is 0 Å². The second-order valence-electron chi connectivity index (χ2n) is 11.4. The number of nitrogens with one attached hydrogen (secondary N) is 2. The van der Waals surface area contributed by atoms with Crippen LogP contribution in [0.4, 0.5) is 5.82 Å². The van der Waals surface area contributed by atoms with Crippen LogP contribution in [-0.4, -0.2) is 57.8 Å². The van der Waals surface area contributed by atoms with E-state index in [0.29, 0.717) is 12.8 Å². The summed E-state index contributed by atoms with van der Waals surface area (Å²) in [5, 5.41) is 5.62. The van der Waals surface area contributed by atoms with E-state index in [1.165, 1.54) is 11.2 Å². The van der Waals surface area contributed by atoms with Crippen LogP contribution >= 0.6 is 0 Å². The summed E-state index contributed by atoms with van der Waals surface area (Å²) in [4.78, 5) is 45.3. The number of nitrogens with zero attached hydrogens (tertiary/aromatic N) is 3. The Labute approximate surface area is 253 Å². The zero-order valence-corrected chi connectivity index (χ0v) is 25.2. The van der Waals surface area contributed by atoms with Crippen LogP contribution in [0.3, 0.4) is 0 Å². The molecule has 43 heavy (non-hydrogen) atoms. The number of hydrogen-bond acceptors (Lipinski definition) is 5. The number of carbonyl (C=O) groups excluding carboxylic acids is 3. The lowest BCUT2D eigenvalue weighted by Crippen LogP contribution is -2.54. The van der Waals surface area contributed by atoms with E-state index in [0.717, 1.165) is 28.7 Å². The van der Waals surface area contributed by atoms with Gasteiger partial charge in [0.1, 0.15) is 12.1 Å². The van der Waals surface area contributed by atoms with Crippen LogP contribution < -0.4 is 16.4 Å². The number of rotatable bonds is 12. The van der Waals surface area contributed by atoms with E-state index in [1.807, 2.05) is 84.9 Å². The summed E-state index contributed by atoms with van der Waals surface area (Å²) >= 11 is 0. The maximum absolute atomic E-state index is 13.4. The van der Waals surface area contributed by atoms with Gasteiger partial charge in [-0.05, 0) is 55.4 Å². The quantitative estimate of drug-likeness (QED) is 0.229. The SMILES string of the molecule is CN(C)C(=O)C(c1ccc(-c2ccccc2)cc1)n1cnc(NC(=O)[C@@H](CCCc2ccccc2)NC(=O)C(C)(C)N)c1. The van der Waals surface area contributed by atoms with Gasteiger partial charge in [0.25, 0.3) is 0 Å². The summed E-state index contributed by atoms with van der Waals surface area (Å²) in [7, 11) is 3.41. The molecule has 0 aliphatic heterocycles. The van der Waals surface area contributed by atoms with Crippen molar-refractivity contribution < 1.29 is 14.4 Å². The van der Waals surface area contributed by atoms with Gasteiger partial charge in [-0.1, -0.05) is 84.9 Å². The Bertz CT molecular complexity index is 1510. The first-order chi connectivity index (χ1) is 20.5. The fraction of sp³-hybridized carbons (Fsp3) is 0.294. The van der Waals surface area contributed by atoms with Crippen LogP contribution in [0, 0.1) is 0 Å². The molecule has 1 unspecified atom stereocenters. The van der Waals surface area contributed by atoms with Gasteiger partial charge in [0.2, 0.25) is 17.7 Å². The van der Waals surface area contributed by atoms with Crippen LogP contribution in [-0.2, 0) is 20.8 Å². The smallest absolute Gasteiger partial charge is 0.249 e. The minimum Gasteiger partial charge on any atom is -0.347 e. The summed E-state index contributed by atoms with van der Waals surface area (Å²) in [5.41, 5.74) is 8.91. The van der Waals surface area contributed by atoms with Crippen molar-refractivity contribution in [2.24, 2.45) is 5.73 Å². The average molecular weight is 581 g/mol. The molecule has 0 fully saturated rings. The van der Waals surface area contributed by atoms with E-state index in [2.05, 4.69) is 15.6 Å². The molecule has 3 amide bonds. The Morgan fingerprint density at radius 2 is 1.51 bits per heavy atom. The summed E-state index contributed by atoms with van der Waals surface area (Å²) in [6, 6.07) is 26.3. The fourth-order valence-electron chi connectivity index (χ4n) is 4.70. The Hall–Kier alpha value is -4.76. The van der Waals surface area contributed by atoms with Gasteiger partial charge in [-0.15, -0.1) is 0 Å². The third-order valence-corrected chi connectivity index (χ3v) is 7.17. The van der Waals surface area contributed by atoms with E-state index in [9.17, 15) is 14.4 Å². The Kier molecular flexibility index (Phi) is 10.1. The van der Waals surface area contributed by atoms with Gasteiger partial charge in [-0.3, -0.25) is 14.4 Å². The van der Waals surface area contributed by atoms with Crippen molar-refractivity contribution in [3.63, 3.8) is 0 Å². The summed E-state index contributed by atoms with van der Waals surface area (Å²) < 4.78 is 1.68. The molecule has 3 aromatic carbocycles. The minimum atomic E-state index is -1.14. The molecule has 9 nitrogen and oxygen atoms in total. The van der Waals surface area contributed by atoms with Gasteiger partial charge >= 0.3 is 0 Å². The largest absolute Gasteiger partial charge is 0.347 e. The molecule has 1 heterocycles. The highest BCUT2D eigenvalue weighted by atomic mass is 16.2. The predicted octanol–water partition coefficient (Wildman–Crippen LogP) is 4.41. The molecule has 0 aliphatic carbocycles. The van der Waals surface area contributed by atoms with Gasteiger partial charge in [0, 0.05) is 20.3 Å². The lowest BCUT2D eigenvalue weighted by molar-refractivity contribution is -0.131. The molecular formula is C34H40N6O3. The lowest BCUT2D eigenvalue weighted by atomic mass is 10.00. The standard InChI is InChI=1S/C34H40N6O3/c1-34(2,35)33(43)37-28(17-11-14-24-12-7-5-8-13-24)31(41)38-29-22-40(23-36-29)30(32(42)39(3)4)27-20-18-26(19-21-27)25-15-9-6-10-16-25/h5-10,12-13,15-16,18-23,28,30H,11,14,17,35H2,1-4H3,(H,37,43)(H,38,41)/t28-,30?/m1/s1. The van der Waals surface area contributed by atoms with Gasteiger partial charge in [-0.2, -0.15) is 0 Å². The van der Waals surface area contributed by atoms with Crippen LogP contribution in [0.15, 0.2) is 97.5 Å². The van der Waals surface area contributed by atoms with Gasteiger partial charge in [0.15, 0.2) is 5.82 Å². The molecule has 1 aromatic heterocycles. The highest BCUT2D eigenvalue weighted by Gasteiger charge is 2.29. The van der Waals surface area contributed by atoms with Crippen LogP contribution in [0.25, 0.3) is 11.1 Å². The molecule has 4 aromatic rings. The normalized spacial score (nSPS) is 12.7. The molecule has 224 valence electrons. The highest BCUT2D eigenvalue weighted by molar-refractivity contribution is 5.98. The monoisotopic (exact) mass is 580 g/mol. The van der Waals surface area contributed by atoms with E-state index in [1.54, 1.807) is 38.7 Å². The van der Waals surface area contributed by atoms with Gasteiger partial charge < -0.3 is 25.8 Å². The number of aryl methyl sites for hydroxylation is 1. The fourth-order valence-corrected chi connectivity index (χ4v) is 4.70. The van der Waals surface area contributed by atoms with Gasteiger partial charge in [0.05, 0.1) is 11.9 Å². The zero-order valence-electron chi connectivity index (χ0n) is 25.2. The molecule has 0 spiro atoms. The Morgan fingerprint density at radius 3 is 2.12 bits per heavy atom. The minimum absolute atomic E-state index is 0.140. The van der Waals surface area contributed by atoms with Crippen molar-refractivity contribution in [2.75, 3.05) is 19.4 Å². The first-order valence-electron chi connectivity index (χ1n) is 14.4. The second kappa shape index (κ2) is 13.9. The van der Waals surface area contributed by atoms with E-state index >= 15 is 0 Å². The number of amides is 3. The first kappa shape index (κ1) is 31.2. The number of aromatic nitrogens is 2. The molecule has 0 bridgehead atoms. The number of likely N-dealkylation sites (N-methyl/N-ethyl adjacent to an activating group) is 1. The van der Waals surface area contributed by atoms with Crippen molar-refractivity contribution in [1.82, 2.24) is 19.8 Å². The summed E-state index contributed by atoms with van der Waals surface area (Å²) in [6.07, 6.45) is 5.01. The first-order valence-corrected chi connectivity index (χ1v) is 14.4. The number of benzene rings is 3. The second-order valence-corrected chi connectivity index (χ2v) is 11.4. The lowest BCUT2D eigenvalue weighted by Gasteiger charge is -2.24. The van der Waals surface area contributed by atoms with E-state index < -0.39 is 29.4 Å². The maximum atomic E-state index is 13.4. The van der Waals surface area contributed by atoms with Crippen LogP contribution in [0.1, 0.15) is 43.9 Å². The van der Waals surface area contributed by atoms with Crippen LogP contribution in [0.2, 0.25) is 0 Å². The molecule has 0 saturated carbocycles. The summed E-state index contributed by atoms with van der Waals surface area (Å²) in [6.45, 7) is 3.19. The Morgan fingerprint density at radius 1 is 0.907 bits per heavy atom. The number of carbonyl (C=O) groups is 3. The predicted molar refractivity (Wildman–Crippen MR) is 169 cm³/mol. The summed E-state index contributed by atoms with van der Waals surface area (Å²) in [5.74, 6) is -0.692. The highest BCUT2D eigenvalue weighted by Crippen LogP contribution is 2.26. The molecule has 2 atom stereocenters. The number of anilines is 1. The van der Waals surface area contributed by atoms with Crippen molar-refractivity contribution >= 4 is 23.5 Å². The topological polar surface area (TPSA) is 122 Å². The van der Waals surface area contributed by atoms with Crippen molar-refractivity contribution in [1.29, 1.82) is 0 Å².